The Morgan fingerprint density at radius 1 is 1.12 bits per heavy atom. The van der Waals surface area contributed by atoms with Gasteiger partial charge in [-0.1, -0.05) is 6.07 Å². The molecule has 0 saturated heterocycles. The second-order valence-corrected chi connectivity index (χ2v) is 7.10. The number of carbonyl (C=O) groups excluding carboxylic acids is 1. The third-order valence-corrected chi connectivity index (χ3v) is 4.73. The van der Waals surface area contributed by atoms with Crippen LogP contribution in [0.4, 0.5) is 17.5 Å². The topological polar surface area (TPSA) is 219 Å². The van der Waals surface area contributed by atoms with Crippen molar-refractivity contribution >= 4 is 46.5 Å². The van der Waals surface area contributed by atoms with Crippen molar-refractivity contribution in [2.75, 3.05) is 23.8 Å². The standard InChI is InChI=1S/C20H22N8O5/c1-23-13-7-9(6-10-8-24-17-15(25-10)16(21)27-20(22)28-17)2-3-11(13)18(31)26-12(19(32)33)4-5-14(29)30/h2-3,7-8,12,23H,4-6H2,1H3,(H,26,31)(H,29,30)(H,32,33)(H4,21,22,24,27,28)/t12-/m0/s1. The van der Waals surface area contributed by atoms with Crippen molar-refractivity contribution in [2.45, 2.75) is 25.3 Å². The van der Waals surface area contributed by atoms with Gasteiger partial charge in [0.15, 0.2) is 17.0 Å². The molecule has 0 saturated carbocycles. The number of benzene rings is 1. The predicted molar refractivity (Wildman–Crippen MR) is 119 cm³/mol. The summed E-state index contributed by atoms with van der Waals surface area (Å²) in [7, 11) is 1.62. The number of anilines is 3. The molecule has 1 aromatic carbocycles. The zero-order chi connectivity index (χ0) is 24.1. The molecule has 0 bridgehead atoms. The highest BCUT2D eigenvalue weighted by atomic mass is 16.4. The van der Waals surface area contributed by atoms with Gasteiger partial charge in [-0.05, 0) is 24.1 Å². The Balaban J connectivity index is 1.80. The molecule has 3 rings (SSSR count). The van der Waals surface area contributed by atoms with Crippen LogP contribution >= 0.6 is 0 Å². The average molecular weight is 454 g/mol. The number of carbonyl (C=O) groups is 3. The van der Waals surface area contributed by atoms with Crippen molar-refractivity contribution in [3.8, 4) is 0 Å². The Hall–Kier alpha value is -4.55. The van der Waals surface area contributed by atoms with Crippen LogP contribution < -0.4 is 22.1 Å². The lowest BCUT2D eigenvalue weighted by Gasteiger charge is -2.16. The van der Waals surface area contributed by atoms with Crippen molar-refractivity contribution in [1.29, 1.82) is 0 Å². The van der Waals surface area contributed by atoms with Gasteiger partial charge in [0, 0.05) is 25.6 Å². The lowest BCUT2D eigenvalue weighted by Crippen LogP contribution is -2.41. The van der Waals surface area contributed by atoms with Gasteiger partial charge in [-0.2, -0.15) is 9.97 Å². The van der Waals surface area contributed by atoms with Crippen LogP contribution in [0, 0.1) is 0 Å². The van der Waals surface area contributed by atoms with Crippen molar-refractivity contribution in [2.24, 2.45) is 0 Å². The van der Waals surface area contributed by atoms with E-state index in [0.717, 1.165) is 5.56 Å². The SMILES string of the molecule is CNc1cc(Cc2cnc3nc(N)nc(N)c3n2)ccc1C(=O)N[C@@H](CCC(=O)O)C(=O)O. The smallest absolute Gasteiger partial charge is 0.326 e. The van der Waals surface area contributed by atoms with Gasteiger partial charge >= 0.3 is 11.9 Å². The van der Waals surface area contributed by atoms with Crippen LogP contribution in [-0.2, 0) is 16.0 Å². The molecule has 3 aromatic rings. The molecule has 172 valence electrons. The van der Waals surface area contributed by atoms with Gasteiger partial charge in [-0.25, -0.2) is 14.8 Å². The van der Waals surface area contributed by atoms with Crippen molar-refractivity contribution in [3.05, 3.63) is 41.2 Å². The fourth-order valence-electron chi connectivity index (χ4n) is 3.14. The summed E-state index contributed by atoms with van der Waals surface area (Å²) >= 11 is 0. The summed E-state index contributed by atoms with van der Waals surface area (Å²) in [5.74, 6) is -2.98. The minimum atomic E-state index is -1.33. The molecule has 2 heterocycles. The summed E-state index contributed by atoms with van der Waals surface area (Å²) < 4.78 is 0. The first-order valence-electron chi connectivity index (χ1n) is 9.78. The summed E-state index contributed by atoms with van der Waals surface area (Å²) in [6, 6.07) is 3.63. The largest absolute Gasteiger partial charge is 0.481 e. The van der Waals surface area contributed by atoms with E-state index in [2.05, 4.69) is 30.6 Å². The van der Waals surface area contributed by atoms with Crippen LogP contribution in [0.3, 0.4) is 0 Å². The number of hydrogen-bond acceptors (Lipinski definition) is 10. The molecule has 1 atom stereocenters. The third-order valence-electron chi connectivity index (χ3n) is 4.73. The first-order valence-corrected chi connectivity index (χ1v) is 9.78. The van der Waals surface area contributed by atoms with E-state index >= 15 is 0 Å². The Morgan fingerprint density at radius 3 is 2.55 bits per heavy atom. The van der Waals surface area contributed by atoms with E-state index in [-0.39, 0.29) is 35.8 Å². The van der Waals surface area contributed by atoms with Gasteiger partial charge < -0.3 is 32.3 Å². The maximum atomic E-state index is 12.6. The molecule has 13 heteroatoms. The maximum absolute atomic E-state index is 12.6. The molecule has 0 unspecified atom stereocenters. The molecule has 33 heavy (non-hydrogen) atoms. The van der Waals surface area contributed by atoms with Gasteiger partial charge in [-0.3, -0.25) is 9.59 Å². The van der Waals surface area contributed by atoms with Gasteiger partial charge in [0.05, 0.1) is 17.5 Å². The molecule has 0 aliphatic heterocycles. The summed E-state index contributed by atoms with van der Waals surface area (Å²) in [5.41, 5.74) is 14.1. The molecule has 13 nitrogen and oxygen atoms in total. The lowest BCUT2D eigenvalue weighted by atomic mass is 10.0. The van der Waals surface area contributed by atoms with E-state index in [0.29, 0.717) is 23.3 Å². The first kappa shape index (κ1) is 23.1. The molecule has 0 spiro atoms. The number of rotatable bonds is 9. The highest BCUT2D eigenvalue weighted by molar-refractivity contribution is 6.01. The van der Waals surface area contributed by atoms with Crippen molar-refractivity contribution in [1.82, 2.24) is 25.3 Å². The highest BCUT2D eigenvalue weighted by Crippen LogP contribution is 2.21. The quantitative estimate of drug-likeness (QED) is 0.256. The second kappa shape index (κ2) is 9.72. The lowest BCUT2D eigenvalue weighted by molar-refractivity contribution is -0.140. The third kappa shape index (κ3) is 5.58. The number of hydrogen-bond donors (Lipinski definition) is 6. The Morgan fingerprint density at radius 2 is 1.88 bits per heavy atom. The van der Waals surface area contributed by atoms with Crippen LogP contribution in [0.2, 0.25) is 0 Å². The summed E-state index contributed by atoms with van der Waals surface area (Å²) in [4.78, 5) is 51.3. The van der Waals surface area contributed by atoms with Crippen LogP contribution in [0.5, 0.6) is 0 Å². The number of carboxylic acids is 2. The molecule has 1 amide bonds. The fourth-order valence-corrected chi connectivity index (χ4v) is 3.14. The molecule has 2 aromatic heterocycles. The van der Waals surface area contributed by atoms with Gasteiger partial charge in [0.2, 0.25) is 5.95 Å². The molecular formula is C20H22N8O5. The number of fused-ring (bicyclic) bond motifs is 1. The van der Waals surface area contributed by atoms with Gasteiger partial charge in [0.1, 0.15) is 6.04 Å². The van der Waals surface area contributed by atoms with Crippen molar-refractivity contribution in [3.63, 3.8) is 0 Å². The molecule has 0 fully saturated rings. The van der Waals surface area contributed by atoms with Crippen molar-refractivity contribution < 1.29 is 24.6 Å². The number of nitrogens with one attached hydrogen (secondary N) is 2. The van der Waals surface area contributed by atoms with Gasteiger partial charge in [0.25, 0.3) is 5.91 Å². The van der Waals surface area contributed by atoms with Gasteiger partial charge in [-0.15, -0.1) is 0 Å². The summed E-state index contributed by atoms with van der Waals surface area (Å²) in [6.07, 6.45) is 1.28. The monoisotopic (exact) mass is 454 g/mol. The zero-order valence-corrected chi connectivity index (χ0v) is 17.6. The predicted octanol–water partition coefficient (Wildman–Crippen LogP) is 0.265. The van der Waals surface area contributed by atoms with E-state index in [1.807, 2.05) is 0 Å². The van der Waals surface area contributed by atoms with E-state index in [1.54, 1.807) is 25.2 Å². The number of carboxylic acid groups (broad SMARTS) is 2. The maximum Gasteiger partial charge on any atom is 0.326 e. The van der Waals surface area contributed by atoms with Crippen LogP contribution in [0.15, 0.2) is 24.4 Å². The fraction of sp³-hybridized carbons (Fsp3) is 0.250. The normalized spacial score (nSPS) is 11.7. The number of nitrogens with zero attached hydrogens (tertiary/aromatic N) is 4. The molecule has 0 aliphatic carbocycles. The van der Waals surface area contributed by atoms with E-state index in [4.69, 9.17) is 16.6 Å². The second-order valence-electron chi connectivity index (χ2n) is 7.10. The van der Waals surface area contributed by atoms with Crippen LogP contribution in [0.1, 0.15) is 34.5 Å². The van der Waals surface area contributed by atoms with E-state index in [9.17, 15) is 19.5 Å². The zero-order valence-electron chi connectivity index (χ0n) is 17.6. The number of nitrogen functional groups attached to an aromatic ring is 2. The molecular weight excluding hydrogens is 432 g/mol. The Bertz CT molecular complexity index is 1230. The minimum absolute atomic E-state index is 0.00248. The Kier molecular flexibility index (Phi) is 6.81. The number of aromatic nitrogens is 4. The van der Waals surface area contributed by atoms with E-state index < -0.39 is 23.9 Å². The molecule has 0 aliphatic rings. The molecule has 8 N–H and O–H groups in total. The summed E-state index contributed by atoms with van der Waals surface area (Å²) in [6.45, 7) is 0. The van der Waals surface area contributed by atoms with Crippen LogP contribution in [0.25, 0.3) is 11.2 Å². The van der Waals surface area contributed by atoms with E-state index in [1.165, 1.54) is 6.20 Å². The minimum Gasteiger partial charge on any atom is -0.481 e. The first-order chi connectivity index (χ1) is 15.7. The number of amides is 1. The Labute approximate surface area is 187 Å². The molecule has 0 radical (unpaired) electrons. The average Bonchev–Trinajstić information content (AvgIpc) is 2.76. The number of nitrogens with two attached hydrogens (primary N) is 2. The highest BCUT2D eigenvalue weighted by Gasteiger charge is 2.23. The summed E-state index contributed by atoms with van der Waals surface area (Å²) in [5, 5.41) is 23.3. The van der Waals surface area contributed by atoms with Crippen LogP contribution in [-0.4, -0.2) is 61.1 Å². The number of aliphatic carboxylic acids is 2.